The monoisotopic (exact) mass is 361 g/mol. The lowest BCUT2D eigenvalue weighted by atomic mass is 9.97. The number of hydrogen-bond donors (Lipinski definition) is 3. The van der Waals surface area contributed by atoms with E-state index in [-0.39, 0.29) is 23.8 Å². The largest absolute Gasteiger partial charge is 0.481 e. The van der Waals surface area contributed by atoms with Gasteiger partial charge < -0.3 is 20.6 Å². The Labute approximate surface area is 153 Å². The van der Waals surface area contributed by atoms with Crippen molar-refractivity contribution in [1.82, 2.24) is 10.2 Å². The fourth-order valence-electron chi connectivity index (χ4n) is 2.83. The summed E-state index contributed by atoms with van der Waals surface area (Å²) in [6.45, 7) is 5.11. The number of carbonyl (C=O) groups is 3. The summed E-state index contributed by atoms with van der Waals surface area (Å²) in [5.74, 6) is -1.21. The van der Waals surface area contributed by atoms with Crippen molar-refractivity contribution in [2.24, 2.45) is 11.8 Å². The normalized spacial score (nSPS) is 16.0. The summed E-state index contributed by atoms with van der Waals surface area (Å²) < 4.78 is 0. The molecule has 0 aromatic heterocycles. The van der Waals surface area contributed by atoms with E-state index < -0.39 is 5.97 Å². The van der Waals surface area contributed by atoms with Gasteiger partial charge in [-0.2, -0.15) is 0 Å². The summed E-state index contributed by atoms with van der Waals surface area (Å²) in [7, 11) is 0. The highest BCUT2D eigenvalue weighted by Gasteiger charge is 2.26. The zero-order valence-corrected chi connectivity index (χ0v) is 15.3. The van der Waals surface area contributed by atoms with Gasteiger partial charge in [-0.3, -0.25) is 9.59 Å². The average molecular weight is 361 g/mol. The molecule has 142 valence electrons. The first-order valence-electron chi connectivity index (χ1n) is 9.06. The first kappa shape index (κ1) is 19.8. The molecule has 1 fully saturated rings. The van der Waals surface area contributed by atoms with Gasteiger partial charge in [0.05, 0.1) is 5.92 Å². The number of nitrogens with one attached hydrogen (secondary N) is 2. The van der Waals surface area contributed by atoms with Crippen LogP contribution in [0.2, 0.25) is 0 Å². The molecule has 1 aliphatic heterocycles. The number of amides is 3. The lowest BCUT2D eigenvalue weighted by molar-refractivity contribution is -0.143. The number of anilines is 1. The molecule has 1 atom stereocenters. The van der Waals surface area contributed by atoms with Crippen LogP contribution in [0.5, 0.6) is 0 Å². The summed E-state index contributed by atoms with van der Waals surface area (Å²) in [6.07, 6.45) is 1.75. The third-order valence-electron chi connectivity index (χ3n) is 4.83. The highest BCUT2D eigenvalue weighted by Crippen LogP contribution is 2.17. The van der Waals surface area contributed by atoms with Crippen LogP contribution < -0.4 is 10.6 Å². The van der Waals surface area contributed by atoms with Gasteiger partial charge in [0.1, 0.15) is 0 Å². The number of carbonyl (C=O) groups excluding carboxylic acids is 2. The van der Waals surface area contributed by atoms with Gasteiger partial charge >= 0.3 is 12.0 Å². The molecule has 0 radical (unpaired) electrons. The van der Waals surface area contributed by atoms with Crippen LogP contribution in [0.25, 0.3) is 0 Å². The molecule has 1 saturated heterocycles. The van der Waals surface area contributed by atoms with Crippen molar-refractivity contribution >= 4 is 23.6 Å². The highest BCUT2D eigenvalue weighted by molar-refractivity contribution is 5.92. The molecule has 1 aromatic carbocycles. The minimum atomic E-state index is -0.790. The zero-order chi connectivity index (χ0) is 19.1. The second-order valence-electron chi connectivity index (χ2n) is 6.76. The SMILES string of the molecule is CCC(C)C(=O)Nc1cccc(CNC(=O)N2CCC(C(=O)O)CC2)c1. The van der Waals surface area contributed by atoms with E-state index in [4.69, 9.17) is 5.11 Å². The van der Waals surface area contributed by atoms with E-state index in [2.05, 4.69) is 10.6 Å². The van der Waals surface area contributed by atoms with Gasteiger partial charge in [-0.05, 0) is 37.0 Å². The van der Waals surface area contributed by atoms with Crippen LogP contribution in [0.4, 0.5) is 10.5 Å². The van der Waals surface area contributed by atoms with Crippen molar-refractivity contribution < 1.29 is 19.5 Å². The van der Waals surface area contributed by atoms with E-state index >= 15 is 0 Å². The number of aliphatic carboxylic acids is 1. The molecule has 0 saturated carbocycles. The maximum atomic E-state index is 12.2. The molecular formula is C19H27N3O4. The Balaban J connectivity index is 1.84. The van der Waals surface area contributed by atoms with Crippen LogP contribution in [0.3, 0.4) is 0 Å². The molecule has 26 heavy (non-hydrogen) atoms. The quantitative estimate of drug-likeness (QED) is 0.725. The fourth-order valence-corrected chi connectivity index (χ4v) is 2.83. The molecule has 7 nitrogen and oxygen atoms in total. The molecule has 0 bridgehead atoms. The first-order valence-corrected chi connectivity index (χ1v) is 9.06. The topological polar surface area (TPSA) is 98.7 Å². The van der Waals surface area contributed by atoms with E-state index in [1.54, 1.807) is 4.90 Å². The zero-order valence-electron chi connectivity index (χ0n) is 15.3. The molecule has 3 amide bonds. The van der Waals surface area contributed by atoms with Crippen molar-refractivity contribution in [3.63, 3.8) is 0 Å². The number of carboxylic acids is 1. The first-order chi connectivity index (χ1) is 12.4. The molecule has 3 N–H and O–H groups in total. The van der Waals surface area contributed by atoms with E-state index in [1.807, 2.05) is 38.1 Å². The number of likely N-dealkylation sites (tertiary alicyclic amines) is 1. The summed E-state index contributed by atoms with van der Waals surface area (Å²) in [5, 5.41) is 14.7. The van der Waals surface area contributed by atoms with Gasteiger partial charge in [-0.1, -0.05) is 26.0 Å². The summed E-state index contributed by atoms with van der Waals surface area (Å²) >= 11 is 0. The summed E-state index contributed by atoms with van der Waals surface area (Å²) in [5.41, 5.74) is 1.60. The van der Waals surface area contributed by atoms with Crippen LogP contribution in [-0.2, 0) is 16.1 Å². The smallest absolute Gasteiger partial charge is 0.317 e. The van der Waals surface area contributed by atoms with Crippen LogP contribution in [-0.4, -0.2) is 41.0 Å². The lowest BCUT2D eigenvalue weighted by Gasteiger charge is -2.30. The van der Waals surface area contributed by atoms with E-state index in [1.165, 1.54) is 0 Å². The maximum Gasteiger partial charge on any atom is 0.317 e. The number of piperidine rings is 1. The minimum Gasteiger partial charge on any atom is -0.481 e. The van der Waals surface area contributed by atoms with Crippen LogP contribution in [0.15, 0.2) is 24.3 Å². The van der Waals surface area contributed by atoms with E-state index in [9.17, 15) is 14.4 Å². The molecular weight excluding hydrogens is 334 g/mol. The van der Waals surface area contributed by atoms with Gasteiger partial charge in [-0.25, -0.2) is 4.79 Å². The van der Waals surface area contributed by atoms with Gasteiger partial charge in [0, 0.05) is 31.2 Å². The maximum absolute atomic E-state index is 12.2. The van der Waals surface area contributed by atoms with Crippen LogP contribution >= 0.6 is 0 Å². The molecule has 0 spiro atoms. The standard InChI is InChI=1S/C19H27N3O4/c1-3-13(2)17(23)21-16-6-4-5-14(11-16)12-20-19(26)22-9-7-15(8-10-22)18(24)25/h4-6,11,13,15H,3,7-10,12H2,1-2H3,(H,20,26)(H,21,23)(H,24,25). The predicted octanol–water partition coefficient (Wildman–Crippen LogP) is 2.68. The average Bonchev–Trinajstić information content (AvgIpc) is 2.65. The number of rotatable bonds is 6. The minimum absolute atomic E-state index is 0.0185. The number of benzene rings is 1. The van der Waals surface area contributed by atoms with Crippen molar-refractivity contribution in [3.05, 3.63) is 29.8 Å². The van der Waals surface area contributed by atoms with Gasteiger partial charge in [0.2, 0.25) is 5.91 Å². The van der Waals surface area contributed by atoms with Crippen LogP contribution in [0.1, 0.15) is 38.7 Å². The Hall–Kier alpha value is -2.57. The van der Waals surface area contributed by atoms with Crippen molar-refractivity contribution in [2.75, 3.05) is 18.4 Å². The van der Waals surface area contributed by atoms with Crippen molar-refractivity contribution in [2.45, 2.75) is 39.7 Å². The Morgan fingerprint density at radius 2 is 1.96 bits per heavy atom. The molecule has 2 rings (SSSR count). The fraction of sp³-hybridized carbons (Fsp3) is 0.526. The molecule has 0 aliphatic carbocycles. The number of nitrogens with zero attached hydrogens (tertiary/aromatic N) is 1. The Morgan fingerprint density at radius 3 is 2.58 bits per heavy atom. The predicted molar refractivity (Wildman–Crippen MR) is 98.7 cm³/mol. The third-order valence-corrected chi connectivity index (χ3v) is 4.83. The van der Waals surface area contributed by atoms with E-state index in [0.29, 0.717) is 38.2 Å². The highest BCUT2D eigenvalue weighted by atomic mass is 16.4. The second kappa shape index (κ2) is 9.22. The molecule has 1 aliphatic rings. The molecule has 7 heteroatoms. The third kappa shape index (κ3) is 5.47. The lowest BCUT2D eigenvalue weighted by Crippen LogP contribution is -2.45. The Kier molecular flexibility index (Phi) is 7.00. The summed E-state index contributed by atoms with van der Waals surface area (Å²) in [4.78, 5) is 36.8. The summed E-state index contributed by atoms with van der Waals surface area (Å²) in [6, 6.07) is 7.20. The number of carboxylic acid groups (broad SMARTS) is 1. The molecule has 1 heterocycles. The Bertz CT molecular complexity index is 654. The van der Waals surface area contributed by atoms with Crippen LogP contribution in [0, 0.1) is 11.8 Å². The molecule has 1 unspecified atom stereocenters. The Morgan fingerprint density at radius 1 is 1.27 bits per heavy atom. The van der Waals surface area contributed by atoms with Crippen molar-refractivity contribution in [1.29, 1.82) is 0 Å². The number of hydrogen-bond acceptors (Lipinski definition) is 3. The van der Waals surface area contributed by atoms with Gasteiger partial charge in [0.25, 0.3) is 0 Å². The van der Waals surface area contributed by atoms with Gasteiger partial charge in [0.15, 0.2) is 0 Å². The van der Waals surface area contributed by atoms with E-state index in [0.717, 1.165) is 12.0 Å². The number of urea groups is 1. The molecule has 1 aromatic rings. The van der Waals surface area contributed by atoms with Gasteiger partial charge in [-0.15, -0.1) is 0 Å². The second-order valence-corrected chi connectivity index (χ2v) is 6.76. The van der Waals surface area contributed by atoms with Crippen molar-refractivity contribution in [3.8, 4) is 0 Å².